The molecule has 90 valence electrons. The van der Waals surface area contributed by atoms with Crippen LogP contribution in [0.15, 0.2) is 23.8 Å². The summed E-state index contributed by atoms with van der Waals surface area (Å²) >= 11 is 0. The number of hydrogen-bond acceptors (Lipinski definition) is 4. The van der Waals surface area contributed by atoms with Crippen LogP contribution >= 0.6 is 0 Å². The molecule has 0 aromatic heterocycles. The van der Waals surface area contributed by atoms with Crippen LogP contribution in [-0.4, -0.2) is 23.1 Å². The molecule has 0 atom stereocenters. The number of nitrogens with zero attached hydrogens (tertiary/aromatic N) is 1. The van der Waals surface area contributed by atoms with Crippen LogP contribution in [0.3, 0.4) is 0 Å². The fraction of sp³-hybridized carbons (Fsp3) is 0.182. The Morgan fingerprint density at radius 3 is 2.65 bits per heavy atom. The summed E-state index contributed by atoms with van der Waals surface area (Å²) in [6, 6.07) is 4.25. The van der Waals surface area contributed by atoms with Crippen LogP contribution in [0.4, 0.5) is 5.69 Å². The molecule has 1 aromatic carbocycles. The first-order valence-electron chi connectivity index (χ1n) is 4.69. The summed E-state index contributed by atoms with van der Waals surface area (Å²) < 4.78 is 4.84. The average molecular weight is 237 g/mol. The highest BCUT2D eigenvalue weighted by Crippen LogP contribution is 2.28. The van der Waals surface area contributed by atoms with Gasteiger partial charge in [0.25, 0.3) is 0 Å². The Morgan fingerprint density at radius 2 is 2.18 bits per heavy atom. The van der Waals surface area contributed by atoms with E-state index in [1.54, 1.807) is 6.07 Å². The van der Waals surface area contributed by atoms with Gasteiger partial charge in [-0.05, 0) is 24.6 Å². The zero-order valence-corrected chi connectivity index (χ0v) is 9.34. The number of rotatable bonds is 4. The summed E-state index contributed by atoms with van der Waals surface area (Å²) in [4.78, 5) is 20.8. The SMILES string of the molecule is COc1ccc(C=C(C)C(=O)O)cc1[N+](=O)[O-]. The van der Waals surface area contributed by atoms with Gasteiger partial charge in [0.05, 0.1) is 12.0 Å². The van der Waals surface area contributed by atoms with Crippen LogP contribution in [0, 0.1) is 10.1 Å². The van der Waals surface area contributed by atoms with E-state index in [1.807, 2.05) is 0 Å². The van der Waals surface area contributed by atoms with Crippen molar-refractivity contribution in [3.63, 3.8) is 0 Å². The van der Waals surface area contributed by atoms with Gasteiger partial charge in [-0.2, -0.15) is 0 Å². The molecule has 0 fully saturated rings. The number of aliphatic carboxylic acids is 1. The minimum atomic E-state index is -1.07. The highest BCUT2D eigenvalue weighted by atomic mass is 16.6. The minimum Gasteiger partial charge on any atom is -0.490 e. The van der Waals surface area contributed by atoms with Gasteiger partial charge in [-0.15, -0.1) is 0 Å². The van der Waals surface area contributed by atoms with Gasteiger partial charge in [0, 0.05) is 11.6 Å². The predicted octanol–water partition coefficient (Wildman–Crippen LogP) is 2.09. The lowest BCUT2D eigenvalue weighted by atomic mass is 10.1. The molecule has 6 nitrogen and oxygen atoms in total. The van der Waals surface area contributed by atoms with Crippen molar-refractivity contribution in [1.82, 2.24) is 0 Å². The van der Waals surface area contributed by atoms with Crippen LogP contribution in [0.2, 0.25) is 0 Å². The topological polar surface area (TPSA) is 89.7 Å². The average Bonchev–Trinajstić information content (AvgIpc) is 2.28. The number of hydrogen-bond donors (Lipinski definition) is 1. The lowest BCUT2D eigenvalue weighted by Crippen LogP contribution is -1.97. The molecule has 0 unspecified atom stereocenters. The third-order valence-corrected chi connectivity index (χ3v) is 2.12. The predicted molar refractivity (Wildman–Crippen MR) is 60.9 cm³/mol. The Bertz CT molecular complexity index is 493. The highest BCUT2D eigenvalue weighted by Gasteiger charge is 2.14. The molecule has 1 rings (SSSR count). The summed E-state index contributed by atoms with van der Waals surface area (Å²) in [5.41, 5.74) is 0.348. The van der Waals surface area contributed by atoms with Crippen LogP contribution in [-0.2, 0) is 4.79 Å². The fourth-order valence-corrected chi connectivity index (χ4v) is 1.25. The van der Waals surface area contributed by atoms with Gasteiger partial charge in [-0.3, -0.25) is 10.1 Å². The molecule has 0 aliphatic rings. The normalized spacial score (nSPS) is 11.1. The van der Waals surface area contributed by atoms with Crippen molar-refractivity contribution in [3.8, 4) is 5.75 Å². The van der Waals surface area contributed by atoms with E-state index in [2.05, 4.69) is 0 Å². The fourth-order valence-electron chi connectivity index (χ4n) is 1.25. The van der Waals surface area contributed by atoms with Crippen LogP contribution in [0.25, 0.3) is 6.08 Å². The van der Waals surface area contributed by atoms with Crippen LogP contribution < -0.4 is 4.74 Å². The molecule has 0 aliphatic carbocycles. The van der Waals surface area contributed by atoms with E-state index in [0.29, 0.717) is 5.56 Å². The summed E-state index contributed by atoms with van der Waals surface area (Å²) in [7, 11) is 1.33. The second-order valence-corrected chi connectivity index (χ2v) is 3.32. The van der Waals surface area contributed by atoms with E-state index in [-0.39, 0.29) is 17.0 Å². The maximum atomic E-state index is 10.7. The Balaban J connectivity index is 3.22. The standard InChI is InChI=1S/C11H11NO5/c1-7(11(13)14)5-8-3-4-10(17-2)9(6-8)12(15)16/h3-6H,1-2H3,(H,13,14). The zero-order chi connectivity index (χ0) is 13.0. The molecule has 0 radical (unpaired) electrons. The van der Waals surface area contributed by atoms with Gasteiger partial charge in [0.1, 0.15) is 0 Å². The quantitative estimate of drug-likeness (QED) is 0.492. The van der Waals surface area contributed by atoms with E-state index < -0.39 is 10.9 Å². The van der Waals surface area contributed by atoms with Crippen molar-refractivity contribution in [1.29, 1.82) is 0 Å². The molecule has 0 bridgehead atoms. The lowest BCUT2D eigenvalue weighted by Gasteiger charge is -2.02. The minimum absolute atomic E-state index is 0.101. The molecule has 0 aliphatic heterocycles. The first-order chi connectivity index (χ1) is 7.95. The van der Waals surface area contributed by atoms with E-state index in [1.165, 1.54) is 32.2 Å². The molecule has 0 heterocycles. The Labute approximate surface area is 97.3 Å². The molecule has 0 saturated carbocycles. The molecule has 1 N–H and O–H groups in total. The summed E-state index contributed by atoms with van der Waals surface area (Å²) in [6.45, 7) is 1.42. The number of carboxylic acids is 1. The van der Waals surface area contributed by atoms with Crippen molar-refractivity contribution >= 4 is 17.7 Å². The monoisotopic (exact) mass is 237 g/mol. The number of ether oxygens (including phenoxy) is 1. The van der Waals surface area contributed by atoms with Gasteiger partial charge in [0.15, 0.2) is 5.75 Å². The Morgan fingerprint density at radius 1 is 1.53 bits per heavy atom. The number of carbonyl (C=O) groups is 1. The van der Waals surface area contributed by atoms with Crippen LogP contribution in [0.1, 0.15) is 12.5 Å². The van der Waals surface area contributed by atoms with Gasteiger partial charge >= 0.3 is 11.7 Å². The smallest absolute Gasteiger partial charge is 0.331 e. The lowest BCUT2D eigenvalue weighted by molar-refractivity contribution is -0.385. The van der Waals surface area contributed by atoms with Crippen molar-refractivity contribution in [3.05, 3.63) is 39.4 Å². The number of methoxy groups -OCH3 is 1. The van der Waals surface area contributed by atoms with Crippen molar-refractivity contribution < 1.29 is 19.6 Å². The molecule has 6 heteroatoms. The molecule has 1 aromatic rings. The number of nitro groups is 1. The van der Waals surface area contributed by atoms with Crippen molar-refractivity contribution in [2.24, 2.45) is 0 Å². The van der Waals surface area contributed by atoms with Crippen molar-refractivity contribution in [2.45, 2.75) is 6.92 Å². The zero-order valence-electron chi connectivity index (χ0n) is 9.34. The summed E-state index contributed by atoms with van der Waals surface area (Å²) in [5, 5.41) is 19.4. The van der Waals surface area contributed by atoms with Gasteiger partial charge in [-0.1, -0.05) is 6.07 Å². The molecule has 0 spiro atoms. The third kappa shape index (κ3) is 3.04. The maximum Gasteiger partial charge on any atom is 0.331 e. The molecule has 17 heavy (non-hydrogen) atoms. The summed E-state index contributed by atoms with van der Waals surface area (Å²) in [6.07, 6.45) is 1.36. The Hall–Kier alpha value is -2.37. The number of benzene rings is 1. The maximum absolute atomic E-state index is 10.7. The van der Waals surface area contributed by atoms with E-state index in [9.17, 15) is 14.9 Å². The van der Waals surface area contributed by atoms with Crippen molar-refractivity contribution in [2.75, 3.05) is 7.11 Å². The molecular weight excluding hydrogens is 226 g/mol. The van der Waals surface area contributed by atoms with Gasteiger partial charge in [0.2, 0.25) is 0 Å². The van der Waals surface area contributed by atoms with Crippen LogP contribution in [0.5, 0.6) is 5.75 Å². The number of carboxylic acid groups (broad SMARTS) is 1. The van der Waals surface area contributed by atoms with E-state index >= 15 is 0 Å². The summed E-state index contributed by atoms with van der Waals surface area (Å²) in [5.74, 6) is -0.927. The molecule has 0 saturated heterocycles. The second-order valence-electron chi connectivity index (χ2n) is 3.32. The van der Waals surface area contributed by atoms with E-state index in [4.69, 9.17) is 9.84 Å². The third-order valence-electron chi connectivity index (χ3n) is 2.12. The largest absolute Gasteiger partial charge is 0.490 e. The second kappa shape index (κ2) is 5.11. The van der Waals surface area contributed by atoms with Gasteiger partial charge in [-0.25, -0.2) is 4.79 Å². The number of nitro benzene ring substituents is 1. The first-order valence-corrected chi connectivity index (χ1v) is 4.69. The highest BCUT2D eigenvalue weighted by molar-refractivity contribution is 5.91. The Kier molecular flexibility index (Phi) is 3.82. The molecule has 0 amide bonds. The van der Waals surface area contributed by atoms with Gasteiger partial charge < -0.3 is 9.84 Å². The molecular formula is C11H11NO5. The first kappa shape index (κ1) is 12.7. The van der Waals surface area contributed by atoms with E-state index in [0.717, 1.165) is 0 Å².